The molecular formula is C15H21NO2. The van der Waals surface area contributed by atoms with Crippen LogP contribution in [-0.2, 0) is 9.59 Å². The third kappa shape index (κ3) is 2.55. The molecule has 3 heteroatoms. The molecule has 0 spiro atoms. The van der Waals surface area contributed by atoms with E-state index in [2.05, 4.69) is 18.3 Å². The minimum atomic E-state index is -0.0116. The zero-order valence-corrected chi connectivity index (χ0v) is 11.4. The normalized spacial score (nSPS) is 29.8. The number of Topliss-reactive ketones (excluding diaryl/α,β-unsaturated/α-hetero) is 1. The maximum Gasteiger partial charge on any atom is 0.247 e. The highest BCUT2D eigenvalue weighted by atomic mass is 16.2. The molecule has 0 bridgehead atoms. The number of hydrogen-bond acceptors (Lipinski definition) is 2. The summed E-state index contributed by atoms with van der Waals surface area (Å²) in [4.78, 5) is 23.8. The fraction of sp³-hybridized carbons (Fsp3) is 0.600. The molecule has 0 aromatic carbocycles. The van der Waals surface area contributed by atoms with E-state index >= 15 is 0 Å². The summed E-state index contributed by atoms with van der Waals surface area (Å²) in [6.07, 6.45) is 5.34. The molecule has 1 aliphatic heterocycles. The van der Waals surface area contributed by atoms with Crippen LogP contribution in [0.15, 0.2) is 22.8 Å². The van der Waals surface area contributed by atoms with Crippen molar-refractivity contribution in [3.8, 4) is 0 Å². The van der Waals surface area contributed by atoms with Crippen molar-refractivity contribution >= 4 is 11.7 Å². The van der Waals surface area contributed by atoms with E-state index < -0.39 is 0 Å². The van der Waals surface area contributed by atoms with Crippen LogP contribution in [0.3, 0.4) is 0 Å². The fourth-order valence-corrected chi connectivity index (χ4v) is 2.70. The SMILES string of the molecule is CC1=CCCC(C)C(=O)CC2=C(C)C(=O)NC2C1. The number of fused-ring (bicyclic) bond motifs is 1. The Morgan fingerprint density at radius 1 is 1.28 bits per heavy atom. The zero-order chi connectivity index (χ0) is 13.3. The van der Waals surface area contributed by atoms with Gasteiger partial charge in [-0.1, -0.05) is 18.6 Å². The highest BCUT2D eigenvalue weighted by molar-refractivity contribution is 5.99. The van der Waals surface area contributed by atoms with Crippen molar-refractivity contribution in [3.63, 3.8) is 0 Å². The summed E-state index contributed by atoms with van der Waals surface area (Å²) in [5.41, 5.74) is 3.05. The Bertz CT molecular complexity index is 445. The zero-order valence-electron chi connectivity index (χ0n) is 11.4. The molecular weight excluding hydrogens is 226 g/mol. The molecule has 2 unspecified atom stereocenters. The largest absolute Gasteiger partial charge is 0.345 e. The van der Waals surface area contributed by atoms with Gasteiger partial charge in [0.1, 0.15) is 5.78 Å². The number of hydrogen-bond donors (Lipinski definition) is 1. The van der Waals surface area contributed by atoms with Crippen LogP contribution in [0.2, 0.25) is 0 Å². The lowest BCUT2D eigenvalue weighted by Gasteiger charge is -2.19. The van der Waals surface area contributed by atoms with Gasteiger partial charge in [-0.2, -0.15) is 0 Å². The van der Waals surface area contributed by atoms with Crippen molar-refractivity contribution < 1.29 is 9.59 Å². The van der Waals surface area contributed by atoms with E-state index in [0.717, 1.165) is 30.4 Å². The van der Waals surface area contributed by atoms with Gasteiger partial charge in [0.25, 0.3) is 0 Å². The van der Waals surface area contributed by atoms with Gasteiger partial charge in [-0.05, 0) is 38.7 Å². The number of ketones is 1. The van der Waals surface area contributed by atoms with Gasteiger partial charge in [0, 0.05) is 17.9 Å². The second-order valence-electron chi connectivity index (χ2n) is 5.55. The minimum Gasteiger partial charge on any atom is -0.345 e. The first-order valence-corrected chi connectivity index (χ1v) is 6.68. The van der Waals surface area contributed by atoms with Gasteiger partial charge in [0.15, 0.2) is 0 Å². The first-order chi connectivity index (χ1) is 8.49. The minimum absolute atomic E-state index is 0.0116. The number of carbonyl (C=O) groups is 2. The van der Waals surface area contributed by atoms with Crippen molar-refractivity contribution in [1.29, 1.82) is 0 Å². The summed E-state index contributed by atoms with van der Waals surface area (Å²) >= 11 is 0. The molecule has 1 aliphatic carbocycles. The van der Waals surface area contributed by atoms with Crippen LogP contribution in [0.25, 0.3) is 0 Å². The lowest BCUT2D eigenvalue weighted by atomic mass is 9.88. The summed E-state index contributed by atoms with van der Waals surface area (Å²) in [6.45, 7) is 5.92. The second kappa shape index (κ2) is 5.09. The monoisotopic (exact) mass is 247 g/mol. The Morgan fingerprint density at radius 2 is 2.00 bits per heavy atom. The molecule has 2 rings (SSSR count). The lowest BCUT2D eigenvalue weighted by molar-refractivity contribution is -0.122. The van der Waals surface area contributed by atoms with Crippen molar-refractivity contribution in [2.24, 2.45) is 5.92 Å². The molecule has 0 saturated carbocycles. The number of allylic oxidation sites excluding steroid dienone is 1. The highest BCUT2D eigenvalue weighted by Gasteiger charge is 2.31. The molecule has 1 N–H and O–H groups in total. The van der Waals surface area contributed by atoms with Crippen LogP contribution in [0, 0.1) is 5.92 Å². The molecule has 98 valence electrons. The molecule has 0 saturated heterocycles. The van der Waals surface area contributed by atoms with E-state index in [0.29, 0.717) is 6.42 Å². The molecule has 3 nitrogen and oxygen atoms in total. The predicted molar refractivity (Wildman–Crippen MR) is 71.0 cm³/mol. The van der Waals surface area contributed by atoms with Crippen LogP contribution in [0.1, 0.15) is 46.5 Å². The fourth-order valence-electron chi connectivity index (χ4n) is 2.70. The molecule has 2 aliphatic rings. The molecule has 0 aromatic rings. The Labute approximate surface area is 108 Å². The van der Waals surface area contributed by atoms with E-state index in [1.807, 2.05) is 13.8 Å². The number of nitrogens with one attached hydrogen (secondary N) is 1. The number of rotatable bonds is 0. The van der Waals surface area contributed by atoms with Gasteiger partial charge < -0.3 is 5.32 Å². The third-order valence-electron chi connectivity index (χ3n) is 4.08. The van der Waals surface area contributed by atoms with E-state index in [4.69, 9.17) is 0 Å². The van der Waals surface area contributed by atoms with Gasteiger partial charge in [-0.25, -0.2) is 0 Å². The van der Waals surface area contributed by atoms with Crippen LogP contribution in [-0.4, -0.2) is 17.7 Å². The highest BCUT2D eigenvalue weighted by Crippen LogP contribution is 2.28. The Hall–Kier alpha value is -1.38. The van der Waals surface area contributed by atoms with Crippen molar-refractivity contribution in [1.82, 2.24) is 5.32 Å². The Balaban J connectivity index is 2.31. The summed E-state index contributed by atoms with van der Waals surface area (Å²) in [6, 6.07) is 0.0306. The predicted octanol–water partition coefficient (Wildman–Crippen LogP) is 2.53. The van der Waals surface area contributed by atoms with Crippen LogP contribution >= 0.6 is 0 Å². The lowest BCUT2D eigenvalue weighted by Crippen LogP contribution is -2.30. The van der Waals surface area contributed by atoms with Gasteiger partial charge in [-0.15, -0.1) is 0 Å². The maximum absolute atomic E-state index is 12.1. The molecule has 0 fully saturated rings. The van der Waals surface area contributed by atoms with E-state index in [-0.39, 0.29) is 23.7 Å². The number of amides is 1. The molecule has 1 amide bonds. The van der Waals surface area contributed by atoms with Crippen molar-refractivity contribution in [3.05, 3.63) is 22.8 Å². The molecule has 0 radical (unpaired) electrons. The smallest absolute Gasteiger partial charge is 0.247 e. The number of carbonyl (C=O) groups excluding carboxylic acids is 2. The summed E-state index contributed by atoms with van der Waals surface area (Å²) < 4.78 is 0. The average molecular weight is 247 g/mol. The Morgan fingerprint density at radius 3 is 2.72 bits per heavy atom. The topological polar surface area (TPSA) is 46.2 Å². The van der Waals surface area contributed by atoms with Crippen LogP contribution in [0.5, 0.6) is 0 Å². The van der Waals surface area contributed by atoms with Crippen LogP contribution in [0.4, 0.5) is 0 Å². The average Bonchev–Trinajstić information content (AvgIpc) is 2.56. The van der Waals surface area contributed by atoms with Crippen LogP contribution < -0.4 is 5.32 Å². The summed E-state index contributed by atoms with van der Waals surface area (Å²) in [5, 5.41) is 2.98. The van der Waals surface area contributed by atoms with E-state index in [1.54, 1.807) is 0 Å². The standard InChI is InChI=1S/C15H21NO2/c1-9-5-4-6-10(2)14(17)8-12-11(3)15(18)16-13(12)7-9/h5,10,13H,4,6-8H2,1-3H3,(H,16,18). The first-order valence-electron chi connectivity index (χ1n) is 6.68. The van der Waals surface area contributed by atoms with Gasteiger partial charge in [-0.3, -0.25) is 9.59 Å². The Kier molecular flexibility index (Phi) is 3.69. The maximum atomic E-state index is 12.1. The van der Waals surface area contributed by atoms with Crippen molar-refractivity contribution in [2.75, 3.05) is 0 Å². The molecule has 0 aromatic heterocycles. The van der Waals surface area contributed by atoms with Gasteiger partial charge in [0.05, 0.1) is 6.04 Å². The molecule has 2 atom stereocenters. The quantitative estimate of drug-likeness (QED) is 0.669. The van der Waals surface area contributed by atoms with Gasteiger partial charge >= 0.3 is 0 Å². The van der Waals surface area contributed by atoms with E-state index in [9.17, 15) is 9.59 Å². The summed E-state index contributed by atoms with van der Waals surface area (Å²) in [5.74, 6) is 0.338. The first kappa shape index (κ1) is 13.1. The molecule has 18 heavy (non-hydrogen) atoms. The van der Waals surface area contributed by atoms with E-state index in [1.165, 1.54) is 5.57 Å². The second-order valence-corrected chi connectivity index (χ2v) is 5.55. The van der Waals surface area contributed by atoms with Crippen molar-refractivity contribution in [2.45, 2.75) is 52.5 Å². The molecule has 1 heterocycles. The third-order valence-corrected chi connectivity index (χ3v) is 4.08. The summed E-state index contributed by atoms with van der Waals surface area (Å²) in [7, 11) is 0. The van der Waals surface area contributed by atoms with Gasteiger partial charge in [0.2, 0.25) is 5.91 Å².